The molecule has 2 aliphatic heterocycles. The SMILES string of the molecule is CCCCC/C=C/CCCCCCCC(=O)O[C@H](COC(=O)CCCCC/C=C/CCCCCCCCCC)CO[C@@H]1O[C@H](CO[C@@H]2O[C@H](CO)[C@H](O)C(O)C2O)[C@H](O)C(O)C1O. The highest BCUT2D eigenvalue weighted by Gasteiger charge is 2.47. The Morgan fingerprint density at radius 2 is 0.905 bits per heavy atom. The van der Waals surface area contributed by atoms with E-state index >= 15 is 0 Å². The number of aliphatic hydroxyl groups excluding tert-OH is 7. The molecule has 0 aromatic carbocycles. The number of carbonyl (C=O) groups excluding carboxylic acids is 2. The van der Waals surface area contributed by atoms with Gasteiger partial charge in [-0.15, -0.1) is 0 Å². The number of carbonyl (C=O) groups is 2. The fraction of sp³-hybridized carbons (Fsp3) is 0.875. The first kappa shape index (κ1) is 57.1. The third kappa shape index (κ3) is 24.9. The van der Waals surface area contributed by atoms with Gasteiger partial charge in [-0.3, -0.25) is 9.59 Å². The number of aliphatic hydroxyl groups is 7. The summed E-state index contributed by atoms with van der Waals surface area (Å²) in [5.74, 6) is -0.952. The first-order chi connectivity index (χ1) is 30.5. The summed E-state index contributed by atoms with van der Waals surface area (Å²) in [6.07, 6.45) is 17.9. The number of hydrogen-bond donors (Lipinski definition) is 7. The van der Waals surface area contributed by atoms with Crippen LogP contribution in [0.3, 0.4) is 0 Å². The Morgan fingerprint density at radius 1 is 0.492 bits per heavy atom. The normalized spacial score (nSPS) is 27.0. The van der Waals surface area contributed by atoms with Crippen LogP contribution in [-0.4, -0.2) is 142 Å². The monoisotopic (exact) mass is 903 g/mol. The fourth-order valence-corrected chi connectivity index (χ4v) is 7.56. The smallest absolute Gasteiger partial charge is 0.306 e. The van der Waals surface area contributed by atoms with Crippen LogP contribution < -0.4 is 0 Å². The Balaban J connectivity index is 1.84. The molecule has 0 bridgehead atoms. The van der Waals surface area contributed by atoms with E-state index in [0.717, 1.165) is 64.2 Å². The molecule has 0 amide bonds. The van der Waals surface area contributed by atoms with Crippen molar-refractivity contribution in [1.29, 1.82) is 0 Å². The maximum atomic E-state index is 12.9. The van der Waals surface area contributed by atoms with Gasteiger partial charge in [0, 0.05) is 12.8 Å². The maximum Gasteiger partial charge on any atom is 0.306 e. The summed E-state index contributed by atoms with van der Waals surface area (Å²) in [5, 5.41) is 71.9. The van der Waals surface area contributed by atoms with Crippen molar-refractivity contribution >= 4 is 11.9 Å². The van der Waals surface area contributed by atoms with Crippen molar-refractivity contribution in [2.24, 2.45) is 0 Å². The highest BCUT2D eigenvalue weighted by molar-refractivity contribution is 5.70. The molecule has 2 rings (SSSR count). The van der Waals surface area contributed by atoms with E-state index in [-0.39, 0.29) is 26.1 Å². The van der Waals surface area contributed by atoms with Crippen LogP contribution in [0.2, 0.25) is 0 Å². The summed E-state index contributed by atoms with van der Waals surface area (Å²) in [6, 6.07) is 0. The molecule has 7 N–H and O–H groups in total. The minimum atomic E-state index is -1.77. The topological polar surface area (TPSA) is 231 Å². The van der Waals surface area contributed by atoms with E-state index < -0.39 is 92.7 Å². The van der Waals surface area contributed by atoms with E-state index in [0.29, 0.717) is 12.8 Å². The molecule has 368 valence electrons. The highest BCUT2D eigenvalue weighted by atomic mass is 16.7. The van der Waals surface area contributed by atoms with Crippen molar-refractivity contribution in [1.82, 2.24) is 0 Å². The minimum absolute atomic E-state index is 0.153. The summed E-state index contributed by atoms with van der Waals surface area (Å²) in [7, 11) is 0. The molecule has 0 aromatic heterocycles. The van der Waals surface area contributed by atoms with Gasteiger partial charge in [-0.25, -0.2) is 0 Å². The van der Waals surface area contributed by atoms with Crippen LogP contribution in [0.1, 0.15) is 174 Å². The molecule has 2 heterocycles. The van der Waals surface area contributed by atoms with E-state index in [9.17, 15) is 45.3 Å². The molecule has 2 fully saturated rings. The lowest BCUT2D eigenvalue weighted by molar-refractivity contribution is -0.332. The largest absolute Gasteiger partial charge is 0.462 e. The van der Waals surface area contributed by atoms with Gasteiger partial charge < -0.3 is 64.2 Å². The molecule has 11 atom stereocenters. The summed E-state index contributed by atoms with van der Waals surface area (Å²) < 4.78 is 33.5. The lowest BCUT2D eigenvalue weighted by atomic mass is 9.98. The number of ether oxygens (including phenoxy) is 6. The Bertz CT molecular complexity index is 1200. The molecule has 0 aliphatic carbocycles. The number of esters is 2. The summed E-state index contributed by atoms with van der Waals surface area (Å²) in [6.45, 7) is 2.53. The first-order valence-corrected chi connectivity index (χ1v) is 24.4. The van der Waals surface area contributed by atoms with Crippen LogP contribution in [-0.2, 0) is 38.0 Å². The summed E-state index contributed by atoms with van der Waals surface area (Å²) in [5.41, 5.74) is 0. The van der Waals surface area contributed by atoms with Crippen molar-refractivity contribution in [2.75, 3.05) is 26.4 Å². The Labute approximate surface area is 377 Å². The van der Waals surface area contributed by atoms with Gasteiger partial charge in [-0.2, -0.15) is 0 Å². The van der Waals surface area contributed by atoms with Gasteiger partial charge in [0.15, 0.2) is 18.7 Å². The van der Waals surface area contributed by atoms with Gasteiger partial charge in [-0.05, 0) is 64.2 Å². The minimum Gasteiger partial charge on any atom is -0.462 e. The molecule has 0 spiro atoms. The lowest BCUT2D eigenvalue weighted by Crippen LogP contribution is -2.61. The zero-order valence-electron chi connectivity index (χ0n) is 38.6. The van der Waals surface area contributed by atoms with Crippen LogP contribution in [0.25, 0.3) is 0 Å². The predicted octanol–water partition coefficient (Wildman–Crippen LogP) is 5.99. The molecule has 0 aromatic rings. The van der Waals surface area contributed by atoms with Crippen LogP contribution in [0.4, 0.5) is 0 Å². The van der Waals surface area contributed by atoms with Crippen LogP contribution in [0.15, 0.2) is 24.3 Å². The Kier molecular flexibility index (Phi) is 32.8. The van der Waals surface area contributed by atoms with E-state index in [2.05, 4.69) is 38.2 Å². The number of allylic oxidation sites excluding steroid dienone is 4. The average molecular weight is 903 g/mol. The zero-order valence-corrected chi connectivity index (χ0v) is 38.6. The van der Waals surface area contributed by atoms with Crippen molar-refractivity contribution in [3.63, 3.8) is 0 Å². The van der Waals surface area contributed by atoms with Gasteiger partial charge in [0.2, 0.25) is 0 Å². The third-order valence-electron chi connectivity index (χ3n) is 11.7. The van der Waals surface area contributed by atoms with Gasteiger partial charge in [-0.1, -0.05) is 122 Å². The highest BCUT2D eigenvalue weighted by Crippen LogP contribution is 2.26. The van der Waals surface area contributed by atoms with E-state index in [1.165, 1.54) is 70.6 Å². The van der Waals surface area contributed by atoms with Crippen molar-refractivity contribution in [3.05, 3.63) is 24.3 Å². The van der Waals surface area contributed by atoms with Gasteiger partial charge in [0.1, 0.15) is 55.4 Å². The average Bonchev–Trinajstić information content (AvgIpc) is 3.28. The van der Waals surface area contributed by atoms with Gasteiger partial charge in [0.25, 0.3) is 0 Å². The second-order valence-electron chi connectivity index (χ2n) is 17.3. The fourth-order valence-electron chi connectivity index (χ4n) is 7.56. The zero-order chi connectivity index (χ0) is 46.1. The molecule has 0 saturated carbocycles. The third-order valence-corrected chi connectivity index (χ3v) is 11.7. The predicted molar refractivity (Wildman–Crippen MR) is 238 cm³/mol. The molecule has 2 saturated heterocycles. The van der Waals surface area contributed by atoms with E-state index in [1.54, 1.807) is 0 Å². The van der Waals surface area contributed by atoms with Gasteiger partial charge >= 0.3 is 11.9 Å². The standard InChI is InChI=1S/C48H86O15/c1-3-5-7-9-11-13-15-17-18-19-21-22-24-26-28-30-39(50)58-33-36(61-40(51)31-29-27-25-23-20-16-14-12-10-8-6-4-2)34-59-47-46(57)44(55)42(53)38(63-47)35-60-48-45(56)43(54)41(52)37(32-49)62-48/h12,14,19,21,36-38,41-49,52-57H,3-11,13,15-18,20,22-35H2,1-2H3/b14-12+,21-19+/t36-,37-,38-,41+,42+,43?,44?,45?,46?,47-,48-/m1/s1. The van der Waals surface area contributed by atoms with Crippen molar-refractivity contribution < 1.29 is 73.8 Å². The molecule has 15 nitrogen and oxygen atoms in total. The molecule has 63 heavy (non-hydrogen) atoms. The molecule has 2 aliphatic rings. The Hall–Kier alpha value is -2.02. The maximum absolute atomic E-state index is 12.9. The Morgan fingerprint density at radius 3 is 1.44 bits per heavy atom. The van der Waals surface area contributed by atoms with Crippen LogP contribution in [0.5, 0.6) is 0 Å². The summed E-state index contributed by atoms with van der Waals surface area (Å²) >= 11 is 0. The first-order valence-electron chi connectivity index (χ1n) is 24.4. The van der Waals surface area contributed by atoms with Crippen LogP contribution >= 0.6 is 0 Å². The number of unbranched alkanes of at least 4 members (excludes halogenated alkanes) is 19. The molecular formula is C48H86O15. The lowest BCUT2D eigenvalue weighted by Gasteiger charge is -2.42. The van der Waals surface area contributed by atoms with Gasteiger partial charge in [0.05, 0.1) is 19.8 Å². The molecule has 15 heteroatoms. The van der Waals surface area contributed by atoms with Crippen molar-refractivity contribution in [3.8, 4) is 0 Å². The molecule has 4 unspecified atom stereocenters. The number of rotatable bonds is 37. The van der Waals surface area contributed by atoms with Crippen molar-refractivity contribution in [2.45, 2.75) is 242 Å². The van der Waals surface area contributed by atoms with E-state index in [4.69, 9.17) is 28.4 Å². The second kappa shape index (κ2) is 36.1. The molecule has 0 radical (unpaired) electrons. The number of hydrogen-bond acceptors (Lipinski definition) is 15. The van der Waals surface area contributed by atoms with E-state index in [1.807, 2.05) is 0 Å². The van der Waals surface area contributed by atoms with Crippen LogP contribution in [0, 0.1) is 0 Å². The molecular weight excluding hydrogens is 817 g/mol. The summed E-state index contributed by atoms with van der Waals surface area (Å²) in [4.78, 5) is 25.7. The quantitative estimate of drug-likeness (QED) is 0.0216. The second-order valence-corrected chi connectivity index (χ2v) is 17.3.